The highest BCUT2D eigenvalue weighted by Crippen LogP contribution is 2.26. The van der Waals surface area contributed by atoms with Gasteiger partial charge in [0.2, 0.25) is 5.95 Å². The Morgan fingerprint density at radius 1 is 1.19 bits per heavy atom. The molecule has 36 heavy (non-hydrogen) atoms. The zero-order valence-electron chi connectivity index (χ0n) is 19.9. The molecule has 1 N–H and O–H groups in total. The summed E-state index contributed by atoms with van der Waals surface area (Å²) < 4.78 is 39.3. The van der Waals surface area contributed by atoms with Crippen LogP contribution in [-0.4, -0.2) is 54.8 Å². The van der Waals surface area contributed by atoms with Crippen molar-refractivity contribution in [1.29, 1.82) is 0 Å². The molecule has 1 unspecified atom stereocenters. The van der Waals surface area contributed by atoms with Gasteiger partial charge >= 0.3 is 6.09 Å². The summed E-state index contributed by atoms with van der Waals surface area (Å²) in [6, 6.07) is 9.61. The number of piperidine rings is 1. The topological polar surface area (TPSA) is 79.8 Å². The van der Waals surface area contributed by atoms with E-state index in [0.717, 1.165) is 36.9 Å². The van der Waals surface area contributed by atoms with Gasteiger partial charge in [-0.3, -0.25) is 4.90 Å². The smallest absolute Gasteiger partial charge is 0.420 e. The van der Waals surface area contributed by atoms with Gasteiger partial charge in [0.25, 0.3) is 0 Å². The first kappa shape index (κ1) is 25.6. The van der Waals surface area contributed by atoms with Gasteiger partial charge in [0.05, 0.1) is 6.61 Å². The second-order valence-corrected chi connectivity index (χ2v) is 9.03. The number of rotatable bonds is 7. The molecule has 2 aromatic carbocycles. The van der Waals surface area contributed by atoms with Crippen LogP contribution in [0, 0.1) is 17.6 Å². The first-order valence-electron chi connectivity index (χ1n) is 11.4. The Kier molecular flexibility index (Phi) is 8.17. The fraction of sp³-hybridized carbons (Fsp3) is 0.320. The number of benzene rings is 2. The van der Waals surface area contributed by atoms with Crippen LogP contribution in [0.1, 0.15) is 12.8 Å². The van der Waals surface area contributed by atoms with Crippen LogP contribution in [-0.2, 0) is 0 Å². The Morgan fingerprint density at radius 2 is 2.03 bits per heavy atom. The Hall–Kier alpha value is -3.50. The second kappa shape index (κ2) is 11.5. The zero-order valence-corrected chi connectivity index (χ0v) is 20.6. The third-order valence-electron chi connectivity index (χ3n) is 5.73. The molecule has 8 nitrogen and oxygen atoms in total. The molecule has 0 aliphatic carbocycles. The van der Waals surface area contributed by atoms with Gasteiger partial charge in [-0.1, -0.05) is 11.6 Å². The molecule has 0 bridgehead atoms. The fourth-order valence-electron chi connectivity index (χ4n) is 3.85. The minimum absolute atomic E-state index is 0.124. The SMILES string of the molecule is CN1CCCC(COc2ccc(Nc3nccc(N(C)C(=O)Oc4cc(Cl)ccc4F)n3)cc2F)C1. The predicted octanol–water partition coefficient (Wildman–Crippen LogP) is 5.51. The predicted molar refractivity (Wildman–Crippen MR) is 133 cm³/mol. The van der Waals surface area contributed by atoms with Crippen LogP contribution in [0.5, 0.6) is 11.5 Å². The van der Waals surface area contributed by atoms with Gasteiger partial charge in [-0.15, -0.1) is 0 Å². The van der Waals surface area contributed by atoms with Crippen LogP contribution in [0.3, 0.4) is 0 Å². The minimum Gasteiger partial charge on any atom is -0.490 e. The van der Waals surface area contributed by atoms with E-state index >= 15 is 0 Å². The average molecular weight is 518 g/mol. The summed E-state index contributed by atoms with van der Waals surface area (Å²) >= 11 is 5.84. The van der Waals surface area contributed by atoms with Gasteiger partial charge in [-0.05, 0) is 56.8 Å². The van der Waals surface area contributed by atoms with Crippen LogP contribution >= 0.6 is 11.6 Å². The third-order valence-corrected chi connectivity index (χ3v) is 5.97. The first-order valence-corrected chi connectivity index (χ1v) is 11.8. The van der Waals surface area contributed by atoms with E-state index in [1.807, 2.05) is 0 Å². The molecule has 1 aromatic heterocycles. The summed E-state index contributed by atoms with van der Waals surface area (Å²) in [6.07, 6.45) is 2.72. The van der Waals surface area contributed by atoms with Crippen LogP contribution in [0.15, 0.2) is 48.7 Å². The standard InChI is InChI=1S/C25H26ClF2N5O3/c1-32-11-3-4-16(14-32)15-35-21-8-6-18(13-20(21)28)30-24-29-10-9-23(31-24)33(2)25(34)36-22-12-17(26)5-7-19(22)27/h5-10,12-13,16H,3-4,11,14-15H2,1-2H3,(H,29,30,31). The number of carbonyl (C=O) groups is 1. The molecule has 1 amide bonds. The van der Waals surface area contributed by atoms with E-state index in [2.05, 4.69) is 27.2 Å². The third kappa shape index (κ3) is 6.58. The Morgan fingerprint density at radius 3 is 2.81 bits per heavy atom. The molecule has 1 aliphatic heterocycles. The first-order chi connectivity index (χ1) is 17.3. The van der Waals surface area contributed by atoms with Gasteiger partial charge in [0.15, 0.2) is 23.1 Å². The highest BCUT2D eigenvalue weighted by molar-refractivity contribution is 6.30. The molecule has 1 saturated heterocycles. The number of nitrogens with one attached hydrogen (secondary N) is 1. The number of ether oxygens (including phenoxy) is 2. The van der Waals surface area contributed by atoms with Gasteiger partial charge in [0.1, 0.15) is 5.82 Å². The van der Waals surface area contributed by atoms with E-state index in [1.165, 1.54) is 37.5 Å². The maximum absolute atomic E-state index is 14.6. The number of anilines is 3. The Balaban J connectivity index is 1.38. The Labute approximate surface area is 212 Å². The van der Waals surface area contributed by atoms with Crippen molar-refractivity contribution in [3.63, 3.8) is 0 Å². The lowest BCUT2D eigenvalue weighted by Gasteiger charge is -2.29. The van der Waals surface area contributed by atoms with Crippen molar-refractivity contribution in [3.8, 4) is 11.5 Å². The van der Waals surface area contributed by atoms with Crippen molar-refractivity contribution in [3.05, 3.63) is 65.3 Å². The normalized spacial score (nSPS) is 15.9. The minimum atomic E-state index is -0.877. The molecular formula is C25H26ClF2N5O3. The highest BCUT2D eigenvalue weighted by Gasteiger charge is 2.19. The van der Waals surface area contributed by atoms with Gasteiger partial charge < -0.3 is 19.7 Å². The lowest BCUT2D eigenvalue weighted by molar-refractivity contribution is 0.147. The van der Waals surface area contributed by atoms with E-state index in [-0.39, 0.29) is 28.3 Å². The summed E-state index contributed by atoms with van der Waals surface area (Å²) in [5, 5.41) is 3.13. The van der Waals surface area contributed by atoms with E-state index < -0.39 is 17.7 Å². The summed E-state index contributed by atoms with van der Waals surface area (Å²) in [7, 11) is 3.48. The van der Waals surface area contributed by atoms with Crippen LogP contribution < -0.4 is 19.7 Å². The van der Waals surface area contributed by atoms with Crippen molar-refractivity contribution in [2.75, 3.05) is 44.0 Å². The molecule has 0 saturated carbocycles. The molecule has 3 aromatic rings. The summed E-state index contributed by atoms with van der Waals surface area (Å²) in [4.78, 5) is 24.2. The summed E-state index contributed by atoms with van der Waals surface area (Å²) in [5.74, 6) is -0.691. The lowest BCUT2D eigenvalue weighted by atomic mass is 10.00. The van der Waals surface area contributed by atoms with Crippen molar-refractivity contribution in [2.45, 2.75) is 12.8 Å². The van der Waals surface area contributed by atoms with Crippen LogP contribution in [0.4, 0.5) is 31.0 Å². The maximum Gasteiger partial charge on any atom is 0.420 e. The van der Waals surface area contributed by atoms with E-state index in [4.69, 9.17) is 21.1 Å². The number of amides is 1. The molecule has 190 valence electrons. The number of likely N-dealkylation sites (tertiary alicyclic amines) is 1. The maximum atomic E-state index is 14.6. The number of hydrogen-bond donors (Lipinski definition) is 1. The zero-order chi connectivity index (χ0) is 25.7. The molecule has 1 fully saturated rings. The van der Waals surface area contributed by atoms with Gasteiger partial charge in [0, 0.05) is 48.5 Å². The molecule has 0 radical (unpaired) electrons. The van der Waals surface area contributed by atoms with Gasteiger partial charge in [-0.2, -0.15) is 4.98 Å². The summed E-state index contributed by atoms with van der Waals surface area (Å²) in [6.45, 7) is 2.47. The number of halogens is 3. The number of nitrogens with zero attached hydrogens (tertiary/aromatic N) is 4. The Bertz CT molecular complexity index is 1230. The van der Waals surface area contributed by atoms with E-state index in [1.54, 1.807) is 12.1 Å². The average Bonchev–Trinajstić information content (AvgIpc) is 2.85. The van der Waals surface area contributed by atoms with Crippen LogP contribution in [0.25, 0.3) is 0 Å². The van der Waals surface area contributed by atoms with Crippen molar-refractivity contribution < 1.29 is 23.0 Å². The number of carbonyl (C=O) groups excluding carboxylic acids is 1. The molecule has 1 atom stereocenters. The second-order valence-electron chi connectivity index (χ2n) is 8.59. The van der Waals surface area contributed by atoms with Gasteiger partial charge in [-0.25, -0.2) is 18.6 Å². The molecular weight excluding hydrogens is 492 g/mol. The van der Waals surface area contributed by atoms with Crippen LogP contribution in [0.2, 0.25) is 5.02 Å². The van der Waals surface area contributed by atoms with E-state index in [9.17, 15) is 13.6 Å². The number of aromatic nitrogens is 2. The fourth-order valence-corrected chi connectivity index (χ4v) is 4.01. The quantitative estimate of drug-likeness (QED) is 0.443. The largest absolute Gasteiger partial charge is 0.490 e. The number of hydrogen-bond acceptors (Lipinski definition) is 7. The van der Waals surface area contributed by atoms with Crippen molar-refractivity contribution >= 4 is 35.1 Å². The molecule has 2 heterocycles. The molecule has 1 aliphatic rings. The monoisotopic (exact) mass is 517 g/mol. The molecule has 4 rings (SSSR count). The molecule has 0 spiro atoms. The van der Waals surface area contributed by atoms with Crippen molar-refractivity contribution in [2.24, 2.45) is 5.92 Å². The highest BCUT2D eigenvalue weighted by atomic mass is 35.5. The van der Waals surface area contributed by atoms with E-state index in [0.29, 0.717) is 18.2 Å². The lowest BCUT2D eigenvalue weighted by Crippen LogP contribution is -2.34. The molecule has 11 heteroatoms. The summed E-state index contributed by atoms with van der Waals surface area (Å²) in [5.41, 5.74) is 0.403. The van der Waals surface area contributed by atoms with Crippen molar-refractivity contribution in [1.82, 2.24) is 14.9 Å².